The molecule has 0 unspecified atom stereocenters. The molecule has 0 saturated carbocycles. The van der Waals surface area contributed by atoms with Gasteiger partial charge in [-0.05, 0) is 42.3 Å². The standard InChI is InChI=1S/C20H21F3N4O/c1-12(2)17(24)18-25-16-7-5-4-6-15(16)19(26-18)27(3)13-8-10-14(11-9-13)28-20(21,22)23/h4-12,17H,24H2,1-3H3/t17-/m0/s1. The van der Waals surface area contributed by atoms with Crippen molar-refractivity contribution in [1.29, 1.82) is 0 Å². The molecule has 148 valence electrons. The van der Waals surface area contributed by atoms with Crippen molar-refractivity contribution in [3.05, 3.63) is 54.4 Å². The van der Waals surface area contributed by atoms with E-state index in [1.165, 1.54) is 12.1 Å². The van der Waals surface area contributed by atoms with Gasteiger partial charge in [-0.15, -0.1) is 13.2 Å². The van der Waals surface area contributed by atoms with E-state index in [0.29, 0.717) is 17.3 Å². The lowest BCUT2D eigenvalue weighted by atomic mass is 10.0. The number of hydrogen-bond acceptors (Lipinski definition) is 5. The van der Waals surface area contributed by atoms with Crippen molar-refractivity contribution in [3.63, 3.8) is 0 Å². The predicted molar refractivity (Wildman–Crippen MR) is 102 cm³/mol. The highest BCUT2D eigenvalue weighted by Crippen LogP contribution is 2.32. The summed E-state index contributed by atoms with van der Waals surface area (Å²) in [6.45, 7) is 3.98. The molecular weight excluding hydrogens is 369 g/mol. The van der Waals surface area contributed by atoms with Crippen molar-refractivity contribution in [2.24, 2.45) is 11.7 Å². The van der Waals surface area contributed by atoms with E-state index in [1.54, 1.807) is 24.1 Å². The fraction of sp³-hybridized carbons (Fsp3) is 0.300. The van der Waals surface area contributed by atoms with Gasteiger partial charge in [0.1, 0.15) is 17.4 Å². The number of benzene rings is 2. The molecule has 0 bridgehead atoms. The first kappa shape index (κ1) is 19.9. The molecule has 1 aromatic heterocycles. The van der Waals surface area contributed by atoms with E-state index in [1.807, 2.05) is 38.1 Å². The number of anilines is 2. The minimum Gasteiger partial charge on any atom is -0.406 e. The number of nitrogens with two attached hydrogens (primary N) is 1. The molecule has 2 aromatic carbocycles. The molecule has 0 saturated heterocycles. The van der Waals surface area contributed by atoms with E-state index in [9.17, 15) is 13.2 Å². The van der Waals surface area contributed by atoms with Gasteiger partial charge in [0.25, 0.3) is 0 Å². The number of ether oxygens (including phenoxy) is 1. The van der Waals surface area contributed by atoms with Gasteiger partial charge < -0.3 is 15.4 Å². The molecule has 3 aromatic rings. The van der Waals surface area contributed by atoms with Gasteiger partial charge in [0.2, 0.25) is 0 Å². The second kappa shape index (κ2) is 7.63. The summed E-state index contributed by atoms with van der Waals surface area (Å²) in [5.74, 6) is 1.02. The summed E-state index contributed by atoms with van der Waals surface area (Å²) in [7, 11) is 1.79. The topological polar surface area (TPSA) is 64.3 Å². The number of aromatic nitrogens is 2. The van der Waals surface area contributed by atoms with Crippen LogP contribution in [0.2, 0.25) is 0 Å². The Balaban J connectivity index is 2.02. The number of alkyl halides is 3. The van der Waals surface area contributed by atoms with Crippen LogP contribution in [0.1, 0.15) is 25.7 Å². The van der Waals surface area contributed by atoms with Crippen molar-refractivity contribution in [1.82, 2.24) is 9.97 Å². The first-order valence-electron chi connectivity index (χ1n) is 8.77. The highest BCUT2D eigenvalue weighted by Gasteiger charge is 2.31. The normalized spacial score (nSPS) is 13.0. The van der Waals surface area contributed by atoms with Crippen LogP contribution in [0.15, 0.2) is 48.5 Å². The van der Waals surface area contributed by atoms with Crippen LogP contribution in [0.25, 0.3) is 10.9 Å². The van der Waals surface area contributed by atoms with Crippen LogP contribution in [-0.4, -0.2) is 23.4 Å². The molecule has 0 fully saturated rings. The quantitative estimate of drug-likeness (QED) is 0.668. The van der Waals surface area contributed by atoms with E-state index >= 15 is 0 Å². The maximum atomic E-state index is 12.4. The summed E-state index contributed by atoms with van der Waals surface area (Å²) in [5.41, 5.74) is 7.66. The van der Waals surface area contributed by atoms with E-state index < -0.39 is 6.36 Å². The fourth-order valence-corrected chi connectivity index (χ4v) is 2.77. The summed E-state index contributed by atoms with van der Waals surface area (Å²) in [5, 5.41) is 0.820. The number of nitrogens with zero attached hydrogens (tertiary/aromatic N) is 3. The minimum absolute atomic E-state index is 0.151. The number of halogens is 3. The number of hydrogen-bond donors (Lipinski definition) is 1. The van der Waals surface area contributed by atoms with Gasteiger partial charge in [-0.25, -0.2) is 9.97 Å². The third-order valence-electron chi connectivity index (χ3n) is 4.39. The van der Waals surface area contributed by atoms with Crippen LogP contribution >= 0.6 is 0 Å². The molecule has 0 spiro atoms. The molecule has 0 aliphatic carbocycles. The molecule has 5 nitrogen and oxygen atoms in total. The molecule has 0 aliphatic heterocycles. The third-order valence-corrected chi connectivity index (χ3v) is 4.39. The molecule has 0 radical (unpaired) electrons. The van der Waals surface area contributed by atoms with E-state index in [4.69, 9.17) is 5.73 Å². The maximum absolute atomic E-state index is 12.4. The zero-order valence-corrected chi connectivity index (χ0v) is 15.7. The molecular formula is C20H21F3N4O. The minimum atomic E-state index is -4.72. The van der Waals surface area contributed by atoms with Crippen LogP contribution < -0.4 is 15.4 Å². The van der Waals surface area contributed by atoms with Gasteiger partial charge in [-0.1, -0.05) is 26.0 Å². The predicted octanol–water partition coefficient (Wildman–Crippen LogP) is 4.95. The smallest absolute Gasteiger partial charge is 0.406 e. The monoisotopic (exact) mass is 390 g/mol. The Hall–Kier alpha value is -2.87. The van der Waals surface area contributed by atoms with Gasteiger partial charge in [-0.2, -0.15) is 0 Å². The Bertz CT molecular complexity index is 958. The zero-order valence-electron chi connectivity index (χ0n) is 15.7. The molecule has 8 heteroatoms. The summed E-state index contributed by atoms with van der Waals surface area (Å²) in [6, 6.07) is 12.8. The van der Waals surface area contributed by atoms with Crippen LogP contribution in [0.3, 0.4) is 0 Å². The lowest BCUT2D eigenvalue weighted by Crippen LogP contribution is -2.22. The molecule has 0 aliphatic rings. The lowest BCUT2D eigenvalue weighted by Gasteiger charge is -2.23. The van der Waals surface area contributed by atoms with E-state index in [-0.39, 0.29) is 17.7 Å². The average molecular weight is 390 g/mol. The van der Waals surface area contributed by atoms with Gasteiger partial charge in [-0.3, -0.25) is 0 Å². The first-order valence-corrected chi connectivity index (χ1v) is 8.77. The fourth-order valence-electron chi connectivity index (χ4n) is 2.77. The Morgan fingerprint density at radius 1 is 1.00 bits per heavy atom. The second-order valence-corrected chi connectivity index (χ2v) is 6.79. The van der Waals surface area contributed by atoms with E-state index in [0.717, 1.165) is 10.9 Å². The number of fused-ring (bicyclic) bond motifs is 1. The molecule has 0 amide bonds. The number of rotatable bonds is 5. The highest BCUT2D eigenvalue weighted by atomic mass is 19.4. The van der Waals surface area contributed by atoms with Crippen LogP contribution in [0.4, 0.5) is 24.7 Å². The van der Waals surface area contributed by atoms with Crippen molar-refractivity contribution in [2.75, 3.05) is 11.9 Å². The van der Waals surface area contributed by atoms with Gasteiger partial charge in [0, 0.05) is 18.1 Å². The molecule has 28 heavy (non-hydrogen) atoms. The summed E-state index contributed by atoms with van der Waals surface area (Å²) >= 11 is 0. The van der Waals surface area contributed by atoms with Crippen LogP contribution in [0.5, 0.6) is 5.75 Å². The molecule has 1 heterocycles. The van der Waals surface area contributed by atoms with E-state index in [2.05, 4.69) is 14.7 Å². The van der Waals surface area contributed by atoms with Crippen molar-refractivity contribution in [2.45, 2.75) is 26.3 Å². The van der Waals surface area contributed by atoms with Crippen LogP contribution in [-0.2, 0) is 0 Å². The van der Waals surface area contributed by atoms with Crippen molar-refractivity contribution in [3.8, 4) is 5.75 Å². The Kier molecular flexibility index (Phi) is 5.42. The Morgan fingerprint density at radius 2 is 1.64 bits per heavy atom. The summed E-state index contributed by atoms with van der Waals surface area (Å²) in [6.07, 6.45) is -4.72. The third kappa shape index (κ3) is 4.33. The Morgan fingerprint density at radius 3 is 2.25 bits per heavy atom. The number of para-hydroxylation sites is 1. The Labute approximate surface area is 161 Å². The van der Waals surface area contributed by atoms with Gasteiger partial charge >= 0.3 is 6.36 Å². The average Bonchev–Trinajstić information content (AvgIpc) is 2.65. The first-order chi connectivity index (χ1) is 13.2. The lowest BCUT2D eigenvalue weighted by molar-refractivity contribution is -0.274. The molecule has 1 atom stereocenters. The van der Waals surface area contributed by atoms with Gasteiger partial charge in [0.15, 0.2) is 0 Å². The largest absolute Gasteiger partial charge is 0.573 e. The van der Waals surface area contributed by atoms with Crippen LogP contribution in [0, 0.1) is 5.92 Å². The highest BCUT2D eigenvalue weighted by molar-refractivity contribution is 5.91. The zero-order chi connectivity index (χ0) is 20.5. The van der Waals surface area contributed by atoms with Crippen molar-refractivity contribution >= 4 is 22.4 Å². The van der Waals surface area contributed by atoms with Gasteiger partial charge in [0.05, 0.1) is 11.6 Å². The molecule has 2 N–H and O–H groups in total. The molecule has 3 rings (SSSR count). The second-order valence-electron chi connectivity index (χ2n) is 6.79. The van der Waals surface area contributed by atoms with Crippen molar-refractivity contribution < 1.29 is 17.9 Å². The summed E-state index contributed by atoms with van der Waals surface area (Å²) in [4.78, 5) is 11.0. The maximum Gasteiger partial charge on any atom is 0.573 e. The SMILES string of the molecule is CC(C)[C@H](N)c1nc(N(C)c2ccc(OC(F)(F)F)cc2)c2ccccc2n1. The summed E-state index contributed by atoms with van der Waals surface area (Å²) < 4.78 is 41.0.